The number of carbonyl (C=O) groups is 2. The van der Waals surface area contributed by atoms with Gasteiger partial charge >= 0.3 is 0 Å². The van der Waals surface area contributed by atoms with Gasteiger partial charge in [-0.2, -0.15) is 0 Å². The molecular formula is C16H14BrNO4. The van der Waals surface area contributed by atoms with Gasteiger partial charge in [0.15, 0.2) is 11.4 Å². The highest BCUT2D eigenvalue weighted by molar-refractivity contribution is 9.10. The molecule has 5 nitrogen and oxygen atoms in total. The lowest BCUT2D eigenvalue weighted by molar-refractivity contribution is -0.135. The summed E-state index contributed by atoms with van der Waals surface area (Å²) in [5.41, 5.74) is -0.794. The number of benzene rings is 1. The van der Waals surface area contributed by atoms with Crippen LogP contribution in [-0.2, 0) is 10.4 Å². The molecule has 0 spiro atoms. The van der Waals surface area contributed by atoms with E-state index in [4.69, 9.17) is 4.42 Å². The predicted octanol–water partition coefficient (Wildman–Crippen LogP) is 2.87. The van der Waals surface area contributed by atoms with Crippen molar-refractivity contribution in [3.05, 3.63) is 52.4 Å². The molecule has 3 rings (SSSR count). The minimum atomic E-state index is -1.86. The lowest BCUT2D eigenvalue weighted by Crippen LogP contribution is -2.41. The van der Waals surface area contributed by atoms with Crippen LogP contribution >= 0.6 is 15.9 Å². The number of anilines is 1. The van der Waals surface area contributed by atoms with Gasteiger partial charge in [-0.25, -0.2) is 0 Å². The molecular weight excluding hydrogens is 350 g/mol. The summed E-state index contributed by atoms with van der Waals surface area (Å²) in [7, 11) is 0. The maximum absolute atomic E-state index is 12.6. The molecule has 1 N–H and O–H groups in total. The number of furan rings is 1. The Morgan fingerprint density at radius 1 is 1.41 bits per heavy atom. The van der Waals surface area contributed by atoms with Crippen LogP contribution < -0.4 is 4.90 Å². The molecule has 1 atom stereocenters. The molecule has 0 unspecified atom stereocenters. The summed E-state index contributed by atoms with van der Waals surface area (Å²) in [5, 5.41) is 10.9. The molecule has 0 aliphatic carbocycles. The number of halogens is 1. The van der Waals surface area contributed by atoms with Crippen LogP contribution in [0.1, 0.15) is 29.5 Å². The normalized spacial score (nSPS) is 20.3. The lowest BCUT2D eigenvalue weighted by Gasteiger charge is -2.21. The summed E-state index contributed by atoms with van der Waals surface area (Å²) >= 11 is 3.34. The summed E-state index contributed by atoms with van der Waals surface area (Å²) in [5.74, 6) is -0.763. The lowest BCUT2D eigenvalue weighted by atomic mass is 9.89. The van der Waals surface area contributed by atoms with Gasteiger partial charge in [-0.1, -0.05) is 15.9 Å². The van der Waals surface area contributed by atoms with Gasteiger partial charge in [0.2, 0.25) is 5.78 Å². The molecule has 0 bridgehead atoms. The van der Waals surface area contributed by atoms with E-state index in [-0.39, 0.29) is 12.2 Å². The fourth-order valence-electron chi connectivity index (χ4n) is 2.76. The average Bonchev–Trinajstić information content (AvgIpc) is 3.08. The van der Waals surface area contributed by atoms with Crippen molar-refractivity contribution in [3.8, 4) is 0 Å². The van der Waals surface area contributed by atoms with Crippen molar-refractivity contribution in [3.63, 3.8) is 0 Å². The topological polar surface area (TPSA) is 70.8 Å². The first kappa shape index (κ1) is 15.0. The van der Waals surface area contributed by atoms with E-state index < -0.39 is 17.3 Å². The molecule has 1 aromatic heterocycles. The number of hydrogen-bond acceptors (Lipinski definition) is 4. The van der Waals surface area contributed by atoms with Crippen LogP contribution in [-0.4, -0.2) is 23.3 Å². The molecule has 0 fully saturated rings. The molecule has 114 valence electrons. The molecule has 2 heterocycles. The predicted molar refractivity (Wildman–Crippen MR) is 83.7 cm³/mol. The third kappa shape index (κ3) is 2.19. The van der Waals surface area contributed by atoms with E-state index in [0.29, 0.717) is 17.8 Å². The zero-order valence-electron chi connectivity index (χ0n) is 11.9. The van der Waals surface area contributed by atoms with E-state index in [0.717, 1.165) is 4.47 Å². The Morgan fingerprint density at radius 2 is 2.18 bits per heavy atom. The Hall–Kier alpha value is -1.92. The monoisotopic (exact) mass is 363 g/mol. The SMILES string of the molecule is CCN1C(=O)[C@@](O)(CC(=O)c2ccco2)c2cc(Br)ccc21. The van der Waals surface area contributed by atoms with Crippen LogP contribution in [0.5, 0.6) is 0 Å². The minimum absolute atomic E-state index is 0.132. The second-order valence-corrected chi connectivity index (χ2v) is 6.06. The number of hydrogen-bond donors (Lipinski definition) is 1. The maximum Gasteiger partial charge on any atom is 0.264 e. The van der Waals surface area contributed by atoms with Crippen molar-refractivity contribution in [2.45, 2.75) is 18.9 Å². The first-order valence-electron chi connectivity index (χ1n) is 6.88. The van der Waals surface area contributed by atoms with Crippen molar-refractivity contribution in [2.75, 3.05) is 11.4 Å². The van der Waals surface area contributed by atoms with Crippen molar-refractivity contribution in [1.29, 1.82) is 0 Å². The highest BCUT2D eigenvalue weighted by Crippen LogP contribution is 2.43. The van der Waals surface area contributed by atoms with Crippen molar-refractivity contribution in [1.82, 2.24) is 0 Å². The number of aliphatic hydroxyl groups is 1. The van der Waals surface area contributed by atoms with Crippen molar-refractivity contribution in [2.24, 2.45) is 0 Å². The molecule has 1 aliphatic rings. The van der Waals surface area contributed by atoms with Gasteiger partial charge in [-0.3, -0.25) is 9.59 Å². The molecule has 22 heavy (non-hydrogen) atoms. The summed E-state index contributed by atoms with van der Waals surface area (Å²) in [6.07, 6.45) is 1.04. The van der Waals surface area contributed by atoms with E-state index in [1.807, 2.05) is 6.92 Å². The molecule has 0 saturated heterocycles. The van der Waals surface area contributed by atoms with Gasteiger partial charge in [-0.15, -0.1) is 0 Å². The number of Topliss-reactive ketones (excluding diaryl/α,β-unsaturated/α-hetero) is 1. The minimum Gasteiger partial charge on any atom is -0.461 e. The largest absolute Gasteiger partial charge is 0.461 e. The molecule has 1 aromatic carbocycles. The first-order chi connectivity index (χ1) is 10.5. The highest BCUT2D eigenvalue weighted by atomic mass is 79.9. The maximum atomic E-state index is 12.6. The van der Waals surface area contributed by atoms with Gasteiger partial charge in [0.25, 0.3) is 5.91 Å². The molecule has 0 saturated carbocycles. The quantitative estimate of drug-likeness (QED) is 0.847. The number of likely N-dealkylation sites (N-methyl/N-ethyl adjacent to an activating group) is 1. The van der Waals surface area contributed by atoms with Gasteiger partial charge in [0, 0.05) is 16.6 Å². The van der Waals surface area contributed by atoms with Gasteiger partial charge in [0.1, 0.15) is 0 Å². The van der Waals surface area contributed by atoms with Gasteiger partial charge in [0.05, 0.1) is 18.4 Å². The van der Waals surface area contributed by atoms with E-state index >= 15 is 0 Å². The number of rotatable bonds is 4. The number of ketones is 1. The van der Waals surface area contributed by atoms with Crippen LogP contribution in [0, 0.1) is 0 Å². The third-order valence-corrected chi connectivity index (χ3v) is 4.32. The molecule has 6 heteroatoms. The zero-order valence-corrected chi connectivity index (χ0v) is 13.5. The summed E-state index contributed by atoms with van der Waals surface area (Å²) in [6, 6.07) is 8.35. The smallest absolute Gasteiger partial charge is 0.264 e. The summed E-state index contributed by atoms with van der Waals surface area (Å²) in [4.78, 5) is 26.4. The van der Waals surface area contributed by atoms with Crippen molar-refractivity contribution >= 4 is 33.3 Å². The van der Waals surface area contributed by atoms with E-state index in [9.17, 15) is 14.7 Å². The Labute approximate surface area is 135 Å². The van der Waals surface area contributed by atoms with Crippen LogP contribution in [0.3, 0.4) is 0 Å². The Bertz CT molecular complexity index is 741. The van der Waals surface area contributed by atoms with Crippen LogP contribution in [0.15, 0.2) is 45.5 Å². The highest BCUT2D eigenvalue weighted by Gasteiger charge is 2.50. The van der Waals surface area contributed by atoms with Gasteiger partial charge < -0.3 is 14.4 Å². The van der Waals surface area contributed by atoms with E-state index in [1.54, 1.807) is 24.3 Å². The van der Waals surface area contributed by atoms with Crippen LogP contribution in [0.4, 0.5) is 5.69 Å². The number of fused-ring (bicyclic) bond motifs is 1. The molecule has 1 aliphatic heterocycles. The Balaban J connectivity index is 2.04. The van der Waals surface area contributed by atoms with E-state index in [2.05, 4.69) is 15.9 Å². The summed E-state index contributed by atoms with van der Waals surface area (Å²) < 4.78 is 5.79. The van der Waals surface area contributed by atoms with Crippen LogP contribution in [0.2, 0.25) is 0 Å². The molecule has 0 radical (unpaired) electrons. The standard InChI is InChI=1S/C16H14BrNO4/c1-2-18-12-6-5-10(17)8-11(12)16(21,15(18)20)9-13(19)14-4-3-7-22-14/h3-8,21H,2,9H2,1H3/t16-/m1/s1. The fourth-order valence-corrected chi connectivity index (χ4v) is 3.13. The van der Waals surface area contributed by atoms with E-state index in [1.165, 1.54) is 17.2 Å². The Kier molecular flexibility index (Phi) is 3.66. The number of amides is 1. The third-order valence-electron chi connectivity index (χ3n) is 3.82. The van der Waals surface area contributed by atoms with Crippen LogP contribution in [0.25, 0.3) is 0 Å². The zero-order chi connectivity index (χ0) is 15.9. The second-order valence-electron chi connectivity index (χ2n) is 5.15. The molecule has 1 amide bonds. The summed E-state index contributed by atoms with van der Waals surface area (Å²) in [6.45, 7) is 2.24. The van der Waals surface area contributed by atoms with Gasteiger partial charge in [-0.05, 0) is 37.3 Å². The Morgan fingerprint density at radius 3 is 2.82 bits per heavy atom. The second kappa shape index (κ2) is 5.37. The average molecular weight is 364 g/mol. The van der Waals surface area contributed by atoms with Crippen molar-refractivity contribution < 1.29 is 19.1 Å². The number of carbonyl (C=O) groups excluding carboxylic acids is 2. The first-order valence-corrected chi connectivity index (χ1v) is 7.67. The fraction of sp³-hybridized carbons (Fsp3) is 0.250. The number of nitrogens with zero attached hydrogens (tertiary/aromatic N) is 1. The molecule has 2 aromatic rings.